The molecule has 1 saturated heterocycles. The quantitative estimate of drug-likeness (QED) is 0.529. The van der Waals surface area contributed by atoms with Crippen LogP contribution < -0.4 is 5.32 Å². The highest BCUT2D eigenvalue weighted by Gasteiger charge is 2.30. The van der Waals surface area contributed by atoms with E-state index in [1.807, 2.05) is 6.07 Å². The topological polar surface area (TPSA) is 54.5 Å². The average Bonchev–Trinajstić information content (AvgIpc) is 2.80. The zero-order valence-corrected chi connectivity index (χ0v) is 18.3. The minimum atomic E-state index is -4.43. The van der Waals surface area contributed by atoms with Crippen molar-refractivity contribution in [2.24, 2.45) is 0 Å². The first kappa shape index (κ1) is 23.2. The van der Waals surface area contributed by atoms with E-state index >= 15 is 0 Å². The number of hydrogen-bond acceptors (Lipinski definition) is 4. The van der Waals surface area contributed by atoms with Crippen molar-refractivity contribution in [2.75, 3.05) is 31.6 Å². The number of anilines is 1. The van der Waals surface area contributed by atoms with Crippen molar-refractivity contribution in [1.29, 1.82) is 0 Å². The number of nitrogens with one attached hydrogen (secondary N) is 1. The molecule has 0 atom stereocenters. The van der Waals surface area contributed by atoms with Crippen LogP contribution in [0, 0.1) is 0 Å². The maximum atomic E-state index is 13.1. The summed E-state index contributed by atoms with van der Waals surface area (Å²) in [5, 5.41) is 3.19. The normalized spacial score (nSPS) is 14.8. The van der Waals surface area contributed by atoms with Crippen LogP contribution in [0.4, 0.5) is 18.9 Å². The van der Waals surface area contributed by atoms with E-state index in [2.05, 4.69) is 15.2 Å². The van der Waals surface area contributed by atoms with Crippen LogP contribution in [0.1, 0.15) is 21.5 Å². The number of hydrogen-bond donors (Lipinski definition) is 1. The molecule has 5 nitrogen and oxygen atoms in total. The molecule has 0 radical (unpaired) electrons. The molecule has 9 heteroatoms. The third-order valence-electron chi connectivity index (χ3n) is 5.35. The summed E-state index contributed by atoms with van der Waals surface area (Å²) in [7, 11) is 0. The van der Waals surface area contributed by atoms with Gasteiger partial charge in [0.25, 0.3) is 5.91 Å². The van der Waals surface area contributed by atoms with E-state index in [1.165, 1.54) is 12.1 Å². The number of benzene rings is 2. The van der Waals surface area contributed by atoms with Crippen LogP contribution in [0.5, 0.6) is 0 Å². The van der Waals surface area contributed by atoms with E-state index in [0.29, 0.717) is 36.0 Å². The first-order chi connectivity index (χ1) is 15.8. The molecule has 4 rings (SSSR count). The van der Waals surface area contributed by atoms with Crippen molar-refractivity contribution in [3.05, 3.63) is 82.5 Å². The number of carbonyl (C=O) groups excluding carboxylic acids is 1. The van der Waals surface area contributed by atoms with Gasteiger partial charge in [0.15, 0.2) is 0 Å². The van der Waals surface area contributed by atoms with Crippen molar-refractivity contribution in [1.82, 2.24) is 9.88 Å². The molecule has 2 aromatic carbocycles. The number of nitrogens with zero attached hydrogens (tertiary/aromatic N) is 2. The number of ether oxygens (including phenoxy) is 1. The summed E-state index contributed by atoms with van der Waals surface area (Å²) in [5.41, 5.74) is 2.08. The molecule has 1 N–H and O–H groups in total. The monoisotopic (exact) mass is 475 g/mol. The van der Waals surface area contributed by atoms with E-state index in [0.717, 1.165) is 36.3 Å². The van der Waals surface area contributed by atoms with Gasteiger partial charge < -0.3 is 10.1 Å². The minimum absolute atomic E-state index is 0.280. The zero-order chi connectivity index (χ0) is 23.4. The van der Waals surface area contributed by atoms with Gasteiger partial charge in [0.1, 0.15) is 0 Å². The number of carbonyl (C=O) groups is 1. The molecule has 1 aliphatic rings. The Kier molecular flexibility index (Phi) is 6.97. The first-order valence-electron chi connectivity index (χ1n) is 10.3. The Balaban J connectivity index is 1.62. The molecule has 1 amide bonds. The molecule has 0 bridgehead atoms. The fourth-order valence-electron chi connectivity index (χ4n) is 3.63. The predicted molar refractivity (Wildman–Crippen MR) is 120 cm³/mol. The highest BCUT2D eigenvalue weighted by Crippen LogP contribution is 2.31. The van der Waals surface area contributed by atoms with Gasteiger partial charge in [-0.15, -0.1) is 0 Å². The molecule has 1 aromatic heterocycles. The highest BCUT2D eigenvalue weighted by atomic mass is 35.5. The van der Waals surface area contributed by atoms with Crippen molar-refractivity contribution in [3.63, 3.8) is 0 Å². The Bertz CT molecular complexity index is 1130. The minimum Gasteiger partial charge on any atom is -0.379 e. The highest BCUT2D eigenvalue weighted by molar-refractivity contribution is 6.33. The van der Waals surface area contributed by atoms with Gasteiger partial charge in [-0.3, -0.25) is 14.7 Å². The Morgan fingerprint density at radius 1 is 1.09 bits per heavy atom. The van der Waals surface area contributed by atoms with Crippen molar-refractivity contribution >= 4 is 23.2 Å². The summed E-state index contributed by atoms with van der Waals surface area (Å²) in [6, 6.07) is 13.2. The maximum Gasteiger partial charge on any atom is 0.416 e. The van der Waals surface area contributed by atoms with Crippen LogP contribution >= 0.6 is 11.6 Å². The number of amides is 1. The van der Waals surface area contributed by atoms with E-state index in [-0.39, 0.29) is 5.69 Å². The summed E-state index contributed by atoms with van der Waals surface area (Å²) in [4.78, 5) is 19.6. The Hall–Kier alpha value is -2.94. The van der Waals surface area contributed by atoms with Crippen molar-refractivity contribution in [2.45, 2.75) is 12.7 Å². The lowest BCUT2D eigenvalue weighted by atomic mass is 10.00. The van der Waals surface area contributed by atoms with Crippen LogP contribution in [0.15, 0.2) is 60.8 Å². The third kappa shape index (κ3) is 5.71. The zero-order valence-electron chi connectivity index (χ0n) is 17.5. The van der Waals surface area contributed by atoms with Crippen LogP contribution in [-0.4, -0.2) is 42.1 Å². The van der Waals surface area contributed by atoms with E-state index in [1.54, 1.807) is 30.5 Å². The lowest BCUT2D eigenvalue weighted by molar-refractivity contribution is -0.137. The molecule has 172 valence electrons. The van der Waals surface area contributed by atoms with Crippen molar-refractivity contribution in [3.8, 4) is 11.3 Å². The Labute approximate surface area is 194 Å². The molecule has 33 heavy (non-hydrogen) atoms. The number of rotatable bonds is 5. The lowest BCUT2D eigenvalue weighted by Crippen LogP contribution is -2.36. The van der Waals surface area contributed by atoms with E-state index < -0.39 is 17.6 Å². The summed E-state index contributed by atoms with van der Waals surface area (Å²) < 4.78 is 43.8. The SMILES string of the molecule is O=C(Nc1ccc(C(F)(F)F)cc1)c1ccc(-c2ncccc2Cl)cc1CN1CCOCC1. The van der Waals surface area contributed by atoms with Crippen LogP contribution in [-0.2, 0) is 17.5 Å². The standard InChI is InChI=1S/C24H21ClF3N3O2/c25-21-2-1-9-29-22(21)16-3-8-20(17(14-16)15-31-10-12-33-13-11-31)23(32)30-19-6-4-18(5-7-19)24(26,27)28/h1-9,14H,10-13,15H2,(H,30,32). The second-order valence-electron chi connectivity index (χ2n) is 7.62. The summed E-state index contributed by atoms with van der Waals surface area (Å²) >= 11 is 6.31. The van der Waals surface area contributed by atoms with Gasteiger partial charge in [-0.1, -0.05) is 17.7 Å². The lowest BCUT2D eigenvalue weighted by Gasteiger charge is -2.27. The summed E-state index contributed by atoms with van der Waals surface area (Å²) in [6.07, 6.45) is -2.79. The molecular weight excluding hydrogens is 455 g/mol. The smallest absolute Gasteiger partial charge is 0.379 e. The average molecular weight is 476 g/mol. The van der Waals surface area contributed by atoms with Gasteiger partial charge in [-0.25, -0.2) is 0 Å². The molecule has 1 aliphatic heterocycles. The van der Waals surface area contributed by atoms with E-state index in [9.17, 15) is 18.0 Å². The third-order valence-corrected chi connectivity index (χ3v) is 5.65. The van der Waals surface area contributed by atoms with Gasteiger partial charge in [0, 0.05) is 42.6 Å². The second-order valence-corrected chi connectivity index (χ2v) is 8.03. The number of morpholine rings is 1. The molecule has 0 saturated carbocycles. The fraction of sp³-hybridized carbons (Fsp3) is 0.250. The Morgan fingerprint density at radius 2 is 1.82 bits per heavy atom. The molecule has 3 aromatic rings. The van der Waals surface area contributed by atoms with E-state index in [4.69, 9.17) is 16.3 Å². The molecule has 2 heterocycles. The number of alkyl halides is 3. The predicted octanol–water partition coefficient (Wildman–Crippen LogP) is 5.51. The van der Waals surface area contributed by atoms with Crippen LogP contribution in [0.2, 0.25) is 5.02 Å². The fourth-order valence-corrected chi connectivity index (χ4v) is 3.86. The number of halogens is 4. The first-order valence-corrected chi connectivity index (χ1v) is 10.7. The van der Waals surface area contributed by atoms with Gasteiger partial charge in [-0.05, 0) is 54.1 Å². The Morgan fingerprint density at radius 3 is 2.48 bits per heavy atom. The van der Waals surface area contributed by atoms with Gasteiger partial charge in [-0.2, -0.15) is 13.2 Å². The second kappa shape index (κ2) is 9.91. The molecule has 0 spiro atoms. The molecule has 1 fully saturated rings. The number of pyridine rings is 1. The largest absolute Gasteiger partial charge is 0.416 e. The molecular formula is C24H21ClF3N3O2. The number of aromatic nitrogens is 1. The molecule has 0 aliphatic carbocycles. The summed E-state index contributed by atoms with van der Waals surface area (Å²) in [6.45, 7) is 3.19. The maximum absolute atomic E-state index is 13.1. The van der Waals surface area contributed by atoms with Crippen LogP contribution in [0.25, 0.3) is 11.3 Å². The van der Waals surface area contributed by atoms with Gasteiger partial charge >= 0.3 is 6.18 Å². The summed E-state index contributed by atoms with van der Waals surface area (Å²) in [5.74, 6) is -0.406. The van der Waals surface area contributed by atoms with Gasteiger partial charge in [0.05, 0.1) is 29.5 Å². The van der Waals surface area contributed by atoms with Crippen molar-refractivity contribution < 1.29 is 22.7 Å². The van der Waals surface area contributed by atoms with Gasteiger partial charge in [0.2, 0.25) is 0 Å². The molecule has 0 unspecified atom stereocenters. The van der Waals surface area contributed by atoms with Crippen LogP contribution in [0.3, 0.4) is 0 Å².